The normalized spacial score (nSPS) is 18.2. The van der Waals surface area contributed by atoms with Crippen molar-refractivity contribution in [2.24, 2.45) is 0 Å². The van der Waals surface area contributed by atoms with Gasteiger partial charge in [0, 0.05) is 24.6 Å². The Morgan fingerprint density at radius 1 is 1.24 bits per heavy atom. The molecule has 0 saturated carbocycles. The molecule has 1 aliphatic heterocycles. The maximum Gasteiger partial charge on any atom is 0.226 e. The number of rotatable bonds is 3. The Labute approximate surface area is 147 Å². The lowest BCUT2D eigenvalue weighted by molar-refractivity contribution is -0.131. The van der Waals surface area contributed by atoms with Crippen molar-refractivity contribution in [1.82, 2.24) is 10.1 Å². The largest absolute Gasteiger partial charge is 0.361 e. The van der Waals surface area contributed by atoms with Gasteiger partial charge in [-0.15, -0.1) is 0 Å². The quantitative estimate of drug-likeness (QED) is 0.855. The zero-order valence-electron chi connectivity index (χ0n) is 14.3. The molecule has 2 heterocycles. The summed E-state index contributed by atoms with van der Waals surface area (Å²) in [7, 11) is 0. The van der Waals surface area contributed by atoms with Crippen LogP contribution in [0.25, 0.3) is 0 Å². The molecule has 25 heavy (non-hydrogen) atoms. The first-order chi connectivity index (χ1) is 12.2. The highest BCUT2D eigenvalue weighted by Gasteiger charge is 2.30. The summed E-state index contributed by atoms with van der Waals surface area (Å²) in [6.07, 6.45) is 6.61. The minimum Gasteiger partial charge on any atom is -0.361 e. The molecule has 0 radical (unpaired) electrons. The fourth-order valence-electron chi connectivity index (χ4n) is 4.06. The number of halogens is 1. The van der Waals surface area contributed by atoms with E-state index in [4.69, 9.17) is 4.52 Å². The van der Waals surface area contributed by atoms with Crippen LogP contribution in [0.4, 0.5) is 4.39 Å². The summed E-state index contributed by atoms with van der Waals surface area (Å²) in [5.41, 5.74) is 3.21. The monoisotopic (exact) mass is 342 g/mol. The highest BCUT2D eigenvalue weighted by atomic mass is 19.1. The van der Waals surface area contributed by atoms with Crippen molar-refractivity contribution in [2.75, 3.05) is 13.1 Å². The van der Waals surface area contributed by atoms with Crippen LogP contribution in [0, 0.1) is 5.82 Å². The van der Waals surface area contributed by atoms with E-state index < -0.39 is 0 Å². The molecule has 1 aliphatic carbocycles. The summed E-state index contributed by atoms with van der Waals surface area (Å²) in [4.78, 5) is 14.4. The fourth-order valence-corrected chi connectivity index (χ4v) is 4.06. The van der Waals surface area contributed by atoms with Gasteiger partial charge in [-0.1, -0.05) is 17.3 Å². The average molecular weight is 342 g/mol. The summed E-state index contributed by atoms with van der Waals surface area (Å²) in [5, 5.41) is 4.26. The van der Waals surface area contributed by atoms with Crippen LogP contribution in [0.5, 0.6) is 0 Å². The fraction of sp³-hybridized carbons (Fsp3) is 0.500. The van der Waals surface area contributed by atoms with Crippen LogP contribution in [-0.2, 0) is 24.1 Å². The predicted molar refractivity (Wildman–Crippen MR) is 91.8 cm³/mol. The van der Waals surface area contributed by atoms with Crippen molar-refractivity contribution in [2.45, 2.75) is 50.9 Å². The molecule has 1 aromatic carbocycles. The van der Waals surface area contributed by atoms with Crippen molar-refractivity contribution in [3.8, 4) is 0 Å². The maximum absolute atomic E-state index is 13.3. The minimum atomic E-state index is -0.292. The van der Waals surface area contributed by atoms with E-state index in [2.05, 4.69) is 5.16 Å². The van der Waals surface area contributed by atoms with Gasteiger partial charge in [0.05, 0.1) is 12.1 Å². The second kappa shape index (κ2) is 6.98. The number of likely N-dealkylation sites (tertiary alicyclic amines) is 1. The lowest BCUT2D eigenvalue weighted by Gasteiger charge is -2.31. The van der Waals surface area contributed by atoms with Crippen LogP contribution >= 0.6 is 0 Å². The molecule has 0 unspecified atom stereocenters. The van der Waals surface area contributed by atoms with E-state index in [0.717, 1.165) is 55.8 Å². The summed E-state index contributed by atoms with van der Waals surface area (Å²) < 4.78 is 18.9. The Hall–Kier alpha value is -2.17. The lowest BCUT2D eigenvalue weighted by atomic mass is 9.87. The Morgan fingerprint density at radius 2 is 2.04 bits per heavy atom. The standard InChI is InChI=1S/C20H23FN2O2/c21-16-5-3-4-14(12-16)13-19(24)23-10-8-15(9-11-23)20-17-6-1-2-7-18(17)22-25-20/h3-5,12,15H,1-2,6-11,13H2. The van der Waals surface area contributed by atoms with Crippen LogP contribution in [0.2, 0.25) is 0 Å². The van der Waals surface area contributed by atoms with Gasteiger partial charge in [-0.3, -0.25) is 4.79 Å². The first kappa shape index (κ1) is 16.3. The van der Waals surface area contributed by atoms with Gasteiger partial charge in [-0.05, 0) is 56.2 Å². The smallest absolute Gasteiger partial charge is 0.226 e. The van der Waals surface area contributed by atoms with Gasteiger partial charge in [0.1, 0.15) is 11.6 Å². The van der Waals surface area contributed by atoms with Crippen LogP contribution < -0.4 is 0 Å². The third-order valence-electron chi connectivity index (χ3n) is 5.45. The summed E-state index contributed by atoms with van der Waals surface area (Å²) >= 11 is 0. The van der Waals surface area contributed by atoms with Crippen molar-refractivity contribution in [3.05, 3.63) is 52.7 Å². The molecule has 0 N–H and O–H groups in total. The third kappa shape index (κ3) is 3.46. The van der Waals surface area contributed by atoms with Crippen molar-refractivity contribution < 1.29 is 13.7 Å². The number of aryl methyl sites for hydroxylation is 1. The Kier molecular flexibility index (Phi) is 4.55. The van der Waals surface area contributed by atoms with Gasteiger partial charge in [-0.25, -0.2) is 4.39 Å². The van der Waals surface area contributed by atoms with E-state index in [9.17, 15) is 9.18 Å². The molecule has 0 bridgehead atoms. The number of hydrogen-bond acceptors (Lipinski definition) is 3. The number of amides is 1. The first-order valence-corrected chi connectivity index (χ1v) is 9.20. The predicted octanol–water partition coefficient (Wildman–Crippen LogP) is 3.64. The van der Waals surface area contributed by atoms with E-state index in [1.807, 2.05) is 4.90 Å². The molecule has 1 amide bonds. The number of piperidine rings is 1. The first-order valence-electron chi connectivity index (χ1n) is 9.20. The molecule has 2 aromatic rings. The molecule has 4 rings (SSSR count). The highest BCUT2D eigenvalue weighted by molar-refractivity contribution is 5.78. The number of fused-ring (bicyclic) bond motifs is 1. The Morgan fingerprint density at radius 3 is 2.84 bits per heavy atom. The molecule has 0 atom stereocenters. The number of carbonyl (C=O) groups excluding carboxylic acids is 1. The average Bonchev–Trinajstić information content (AvgIpc) is 3.06. The molecule has 132 valence electrons. The van der Waals surface area contributed by atoms with Gasteiger partial charge in [-0.2, -0.15) is 0 Å². The van der Waals surface area contributed by atoms with E-state index in [1.165, 1.54) is 30.5 Å². The Balaban J connectivity index is 1.36. The maximum atomic E-state index is 13.3. The summed E-state index contributed by atoms with van der Waals surface area (Å²) in [6, 6.07) is 6.29. The van der Waals surface area contributed by atoms with E-state index in [0.29, 0.717) is 5.92 Å². The number of nitrogens with zero attached hydrogens (tertiary/aromatic N) is 2. The van der Waals surface area contributed by atoms with Gasteiger partial charge < -0.3 is 9.42 Å². The molecule has 1 saturated heterocycles. The van der Waals surface area contributed by atoms with Gasteiger partial charge in [0.15, 0.2) is 0 Å². The number of hydrogen-bond donors (Lipinski definition) is 0. The number of aromatic nitrogens is 1. The zero-order valence-corrected chi connectivity index (χ0v) is 14.3. The SMILES string of the molecule is O=C(Cc1cccc(F)c1)N1CCC(c2onc3c2CCCC3)CC1. The topological polar surface area (TPSA) is 46.3 Å². The highest BCUT2D eigenvalue weighted by Crippen LogP contribution is 2.34. The van der Waals surface area contributed by atoms with Gasteiger partial charge >= 0.3 is 0 Å². The van der Waals surface area contributed by atoms with Crippen LogP contribution in [0.1, 0.15) is 54.2 Å². The molecule has 1 aromatic heterocycles. The third-order valence-corrected chi connectivity index (χ3v) is 5.45. The molecular weight excluding hydrogens is 319 g/mol. The van der Waals surface area contributed by atoms with Crippen molar-refractivity contribution >= 4 is 5.91 Å². The van der Waals surface area contributed by atoms with E-state index >= 15 is 0 Å². The van der Waals surface area contributed by atoms with E-state index in [-0.39, 0.29) is 18.1 Å². The second-order valence-corrected chi connectivity index (χ2v) is 7.14. The lowest BCUT2D eigenvalue weighted by Crippen LogP contribution is -2.38. The number of benzene rings is 1. The molecular formula is C20H23FN2O2. The molecule has 1 fully saturated rings. The van der Waals surface area contributed by atoms with Crippen molar-refractivity contribution in [3.63, 3.8) is 0 Å². The van der Waals surface area contributed by atoms with Crippen LogP contribution in [-0.4, -0.2) is 29.1 Å². The minimum absolute atomic E-state index is 0.0728. The molecule has 0 spiro atoms. The van der Waals surface area contributed by atoms with Gasteiger partial charge in [0.25, 0.3) is 0 Å². The molecule has 4 nitrogen and oxygen atoms in total. The zero-order chi connectivity index (χ0) is 17.2. The van der Waals surface area contributed by atoms with E-state index in [1.54, 1.807) is 12.1 Å². The Bertz CT molecular complexity index is 763. The number of carbonyl (C=O) groups is 1. The van der Waals surface area contributed by atoms with Gasteiger partial charge in [0.2, 0.25) is 5.91 Å². The summed E-state index contributed by atoms with van der Waals surface area (Å²) in [6.45, 7) is 1.46. The van der Waals surface area contributed by atoms with Crippen LogP contribution in [0.3, 0.4) is 0 Å². The van der Waals surface area contributed by atoms with Crippen LogP contribution in [0.15, 0.2) is 28.8 Å². The molecule has 2 aliphatic rings. The molecule has 5 heteroatoms. The second-order valence-electron chi connectivity index (χ2n) is 7.14. The summed E-state index contributed by atoms with van der Waals surface area (Å²) in [5.74, 6) is 1.21. The van der Waals surface area contributed by atoms with Crippen molar-refractivity contribution in [1.29, 1.82) is 0 Å².